The molecule has 2 N–H and O–H groups in total. The van der Waals surface area contributed by atoms with Crippen molar-refractivity contribution >= 4 is 38.9 Å². The molecule has 1 aromatic heterocycles. The highest BCUT2D eigenvalue weighted by atomic mass is 32.2. The number of sulfonamides is 1. The number of carbonyl (C=O) groups is 2. The molecule has 2 aromatic rings. The zero-order valence-electron chi connectivity index (χ0n) is 14.2. The van der Waals surface area contributed by atoms with Crippen molar-refractivity contribution in [3.05, 3.63) is 40.1 Å². The van der Waals surface area contributed by atoms with Gasteiger partial charge >= 0.3 is 0 Å². The molecule has 0 saturated carbocycles. The Labute approximate surface area is 155 Å². The number of anilines is 1. The number of nitrogens with one attached hydrogen (secondary N) is 2. The lowest BCUT2D eigenvalue weighted by atomic mass is 10.2. The monoisotopic (exact) mass is 394 g/mol. The maximum atomic E-state index is 12.4. The molecule has 0 fully saturated rings. The number of thiophene rings is 1. The Hall–Kier alpha value is -2.39. The molecule has 7 nitrogen and oxygen atoms in total. The van der Waals surface area contributed by atoms with E-state index in [-0.39, 0.29) is 22.9 Å². The van der Waals surface area contributed by atoms with Crippen molar-refractivity contribution in [3.63, 3.8) is 0 Å². The summed E-state index contributed by atoms with van der Waals surface area (Å²) in [5.74, 6) is -0.543. The first kappa shape index (κ1) is 18.4. The second-order valence-electron chi connectivity index (χ2n) is 5.88. The standard InChI is InChI=1S/C17H18N2O5S2/c1-3-14-17(21)18-13-9-12(6-7-15(13)24-14)26(22,23)19-16(20)8-11-5-4-10(2)25-11/h4-7,9,14H,3,8H2,1-2H3,(H,18,21)(H,19,20). The first-order chi connectivity index (χ1) is 12.3. The van der Waals surface area contributed by atoms with Crippen LogP contribution >= 0.6 is 11.3 Å². The number of hydrogen-bond acceptors (Lipinski definition) is 6. The van der Waals surface area contributed by atoms with E-state index in [1.54, 1.807) is 6.07 Å². The van der Waals surface area contributed by atoms with Crippen molar-refractivity contribution in [2.75, 3.05) is 5.32 Å². The molecule has 1 aliphatic heterocycles. The van der Waals surface area contributed by atoms with Gasteiger partial charge in [-0.25, -0.2) is 13.1 Å². The van der Waals surface area contributed by atoms with Crippen LogP contribution in [0.15, 0.2) is 35.2 Å². The molecule has 138 valence electrons. The third-order valence-electron chi connectivity index (χ3n) is 3.83. The van der Waals surface area contributed by atoms with Gasteiger partial charge in [-0.1, -0.05) is 6.92 Å². The van der Waals surface area contributed by atoms with Crippen molar-refractivity contribution in [1.82, 2.24) is 4.72 Å². The van der Waals surface area contributed by atoms with Gasteiger partial charge in [-0.15, -0.1) is 11.3 Å². The first-order valence-corrected chi connectivity index (χ1v) is 10.3. The summed E-state index contributed by atoms with van der Waals surface area (Å²) < 4.78 is 32.5. The van der Waals surface area contributed by atoms with Crippen LogP contribution < -0.4 is 14.8 Å². The van der Waals surface area contributed by atoms with Crippen LogP contribution in [0.3, 0.4) is 0 Å². The van der Waals surface area contributed by atoms with E-state index in [1.807, 2.05) is 19.9 Å². The molecule has 0 spiro atoms. The summed E-state index contributed by atoms with van der Waals surface area (Å²) in [6.45, 7) is 3.73. The van der Waals surface area contributed by atoms with Crippen molar-refractivity contribution in [2.45, 2.75) is 37.7 Å². The number of benzene rings is 1. The van der Waals surface area contributed by atoms with Gasteiger partial charge in [-0.3, -0.25) is 9.59 Å². The number of hydrogen-bond donors (Lipinski definition) is 2. The summed E-state index contributed by atoms with van der Waals surface area (Å²) in [5, 5.41) is 2.63. The van der Waals surface area contributed by atoms with E-state index in [9.17, 15) is 18.0 Å². The number of carbonyl (C=O) groups excluding carboxylic acids is 2. The maximum Gasteiger partial charge on any atom is 0.265 e. The lowest BCUT2D eigenvalue weighted by Gasteiger charge is -2.25. The van der Waals surface area contributed by atoms with Crippen molar-refractivity contribution < 1.29 is 22.7 Å². The van der Waals surface area contributed by atoms with Gasteiger partial charge in [-0.05, 0) is 43.7 Å². The molecule has 0 saturated heterocycles. The molecule has 26 heavy (non-hydrogen) atoms. The Morgan fingerprint density at radius 2 is 2.08 bits per heavy atom. The highest BCUT2D eigenvalue weighted by Crippen LogP contribution is 2.32. The highest BCUT2D eigenvalue weighted by molar-refractivity contribution is 7.90. The van der Waals surface area contributed by atoms with E-state index >= 15 is 0 Å². The SMILES string of the molecule is CCC1Oc2ccc(S(=O)(=O)NC(=O)Cc3ccc(C)s3)cc2NC1=O. The summed E-state index contributed by atoms with van der Waals surface area (Å²) in [5.41, 5.74) is 0.268. The van der Waals surface area contributed by atoms with Gasteiger partial charge in [0, 0.05) is 9.75 Å². The molecule has 9 heteroatoms. The average molecular weight is 394 g/mol. The molecule has 1 aromatic carbocycles. The van der Waals surface area contributed by atoms with Crippen molar-refractivity contribution in [3.8, 4) is 5.75 Å². The van der Waals surface area contributed by atoms with Crippen LogP contribution in [-0.4, -0.2) is 26.3 Å². The molecule has 1 aliphatic rings. The Balaban J connectivity index is 1.76. The maximum absolute atomic E-state index is 12.4. The van der Waals surface area contributed by atoms with Gasteiger partial charge in [-0.2, -0.15) is 0 Å². The van der Waals surface area contributed by atoms with Crippen LogP contribution in [0.1, 0.15) is 23.1 Å². The summed E-state index contributed by atoms with van der Waals surface area (Å²) in [4.78, 5) is 25.6. The minimum atomic E-state index is -4.04. The summed E-state index contributed by atoms with van der Waals surface area (Å²) in [6, 6.07) is 7.76. The van der Waals surface area contributed by atoms with Crippen LogP contribution in [0.25, 0.3) is 0 Å². The van der Waals surface area contributed by atoms with E-state index < -0.39 is 22.0 Å². The number of rotatable bonds is 5. The molecule has 1 atom stereocenters. The second kappa shape index (κ2) is 7.08. The molecule has 3 rings (SSSR count). The van der Waals surface area contributed by atoms with Crippen molar-refractivity contribution in [1.29, 1.82) is 0 Å². The molecular weight excluding hydrogens is 376 g/mol. The Kier molecular flexibility index (Phi) is 5.01. The molecule has 1 unspecified atom stereocenters. The lowest BCUT2D eigenvalue weighted by molar-refractivity contribution is -0.123. The number of aryl methyl sites for hydroxylation is 1. The quantitative estimate of drug-likeness (QED) is 0.810. The van der Waals surface area contributed by atoms with Gasteiger partial charge in [0.1, 0.15) is 5.75 Å². The van der Waals surface area contributed by atoms with Gasteiger partial charge < -0.3 is 10.1 Å². The highest BCUT2D eigenvalue weighted by Gasteiger charge is 2.28. The van der Waals surface area contributed by atoms with E-state index in [0.29, 0.717) is 12.2 Å². The van der Waals surface area contributed by atoms with Crippen molar-refractivity contribution in [2.24, 2.45) is 0 Å². The van der Waals surface area contributed by atoms with Crippen LogP contribution in [0.5, 0.6) is 5.75 Å². The summed E-state index contributed by atoms with van der Waals surface area (Å²) >= 11 is 1.44. The van der Waals surface area contributed by atoms with Gasteiger partial charge in [0.25, 0.3) is 15.9 Å². The number of fused-ring (bicyclic) bond motifs is 1. The summed E-state index contributed by atoms with van der Waals surface area (Å²) in [6.07, 6.45) is -0.108. The third-order valence-corrected chi connectivity index (χ3v) is 6.20. The fourth-order valence-electron chi connectivity index (χ4n) is 2.55. The minimum Gasteiger partial charge on any atom is -0.478 e. The van der Waals surface area contributed by atoms with E-state index in [2.05, 4.69) is 10.0 Å². The largest absolute Gasteiger partial charge is 0.478 e. The number of ether oxygens (including phenoxy) is 1. The molecule has 2 heterocycles. The summed E-state index contributed by atoms with van der Waals surface area (Å²) in [7, 11) is -4.04. The van der Waals surface area contributed by atoms with Gasteiger partial charge in [0.15, 0.2) is 6.10 Å². The molecule has 0 aliphatic carbocycles. The molecule has 2 amide bonds. The molecule has 0 radical (unpaired) electrons. The molecular formula is C17H18N2O5S2. The fourth-order valence-corrected chi connectivity index (χ4v) is 4.45. The predicted molar refractivity (Wildman–Crippen MR) is 97.9 cm³/mol. The van der Waals surface area contributed by atoms with Crippen LogP contribution in [0.4, 0.5) is 5.69 Å². The van der Waals surface area contributed by atoms with Crippen LogP contribution in [0.2, 0.25) is 0 Å². The van der Waals surface area contributed by atoms with Crippen LogP contribution in [0, 0.1) is 6.92 Å². The van der Waals surface area contributed by atoms with Gasteiger partial charge in [0.05, 0.1) is 17.0 Å². The van der Waals surface area contributed by atoms with E-state index in [0.717, 1.165) is 9.75 Å². The van der Waals surface area contributed by atoms with Crippen LogP contribution in [-0.2, 0) is 26.0 Å². The zero-order chi connectivity index (χ0) is 18.9. The lowest BCUT2D eigenvalue weighted by Crippen LogP contribution is -2.36. The normalized spacial score (nSPS) is 16.4. The topological polar surface area (TPSA) is 102 Å². The fraction of sp³-hybridized carbons (Fsp3) is 0.294. The third kappa shape index (κ3) is 3.88. The average Bonchev–Trinajstić information content (AvgIpc) is 2.97. The first-order valence-electron chi connectivity index (χ1n) is 8.01. The van der Waals surface area contributed by atoms with E-state index in [1.165, 1.54) is 29.5 Å². The smallest absolute Gasteiger partial charge is 0.265 e. The Bertz CT molecular complexity index is 965. The second-order valence-corrected chi connectivity index (χ2v) is 8.93. The zero-order valence-corrected chi connectivity index (χ0v) is 15.9. The van der Waals surface area contributed by atoms with E-state index in [4.69, 9.17) is 4.74 Å². The van der Waals surface area contributed by atoms with Gasteiger partial charge in [0.2, 0.25) is 5.91 Å². The minimum absolute atomic E-state index is 0.0132. The number of amides is 2. The predicted octanol–water partition coefficient (Wildman–Crippen LogP) is 2.21. The Morgan fingerprint density at radius 3 is 2.73 bits per heavy atom. The molecule has 0 bridgehead atoms. The Morgan fingerprint density at radius 1 is 1.31 bits per heavy atom.